The molecule has 0 aliphatic carbocycles. The number of benzene rings is 3. The van der Waals surface area contributed by atoms with E-state index in [0.29, 0.717) is 5.02 Å². The maximum atomic E-state index is 6.26. The Morgan fingerprint density at radius 2 is 1.48 bits per heavy atom. The molecule has 3 aromatic carbocycles. The molecule has 0 bridgehead atoms. The molecule has 2 nitrogen and oxygen atoms in total. The Kier molecular flexibility index (Phi) is 3.73. The fourth-order valence-corrected chi connectivity index (χ4v) is 3.28. The second kappa shape index (κ2) is 5.82. The van der Waals surface area contributed by atoms with Gasteiger partial charge in [0, 0.05) is 10.7 Å². The van der Waals surface area contributed by atoms with Crippen LogP contribution in [0.5, 0.6) is 11.5 Å². The summed E-state index contributed by atoms with van der Waals surface area (Å²) in [6.45, 7) is 6.67. The Balaban J connectivity index is 1.88. The van der Waals surface area contributed by atoms with E-state index < -0.39 is 0 Å². The summed E-state index contributed by atoms with van der Waals surface area (Å²) in [5, 5.41) is 0.693. The largest absolute Gasteiger partial charge is 0.453 e. The molecule has 0 N–H and O–H groups in total. The van der Waals surface area contributed by atoms with Crippen molar-refractivity contribution in [2.75, 3.05) is 4.90 Å². The monoisotopic (exact) mass is 349 g/mol. The van der Waals surface area contributed by atoms with E-state index in [2.05, 4.69) is 56.0 Å². The number of anilines is 3. The highest BCUT2D eigenvalue weighted by atomic mass is 35.5. The number of para-hydroxylation sites is 2. The number of fused-ring (bicyclic) bond motifs is 2. The number of halogens is 1. The minimum absolute atomic E-state index is 0.128. The number of hydrogen-bond acceptors (Lipinski definition) is 2. The van der Waals surface area contributed by atoms with Crippen LogP contribution in [0.1, 0.15) is 26.3 Å². The van der Waals surface area contributed by atoms with Gasteiger partial charge in [-0.15, -0.1) is 0 Å². The minimum atomic E-state index is 0.128. The predicted molar refractivity (Wildman–Crippen MR) is 105 cm³/mol. The Labute approximate surface area is 153 Å². The molecule has 0 amide bonds. The average Bonchev–Trinajstić information content (AvgIpc) is 2.59. The Morgan fingerprint density at radius 3 is 2.20 bits per heavy atom. The lowest BCUT2D eigenvalue weighted by atomic mass is 9.87. The van der Waals surface area contributed by atoms with Gasteiger partial charge in [-0.1, -0.05) is 56.6 Å². The lowest BCUT2D eigenvalue weighted by molar-refractivity contribution is 0.477. The van der Waals surface area contributed by atoms with Crippen LogP contribution in [0.25, 0.3) is 0 Å². The number of ether oxygens (including phenoxy) is 1. The maximum Gasteiger partial charge on any atom is 0.151 e. The van der Waals surface area contributed by atoms with Gasteiger partial charge in [-0.25, -0.2) is 0 Å². The molecule has 4 rings (SSSR count). The highest BCUT2D eigenvalue weighted by Crippen LogP contribution is 2.50. The second-order valence-electron chi connectivity index (χ2n) is 7.31. The van der Waals surface area contributed by atoms with Crippen LogP contribution in [-0.2, 0) is 5.41 Å². The summed E-state index contributed by atoms with van der Waals surface area (Å²) in [5.74, 6) is 1.65. The van der Waals surface area contributed by atoms with Gasteiger partial charge in [0.2, 0.25) is 0 Å². The zero-order valence-electron chi connectivity index (χ0n) is 14.6. The van der Waals surface area contributed by atoms with Gasteiger partial charge >= 0.3 is 0 Å². The van der Waals surface area contributed by atoms with Gasteiger partial charge in [-0.3, -0.25) is 0 Å². The lowest BCUT2D eigenvalue weighted by Crippen LogP contribution is -2.16. The lowest BCUT2D eigenvalue weighted by Gasteiger charge is -2.33. The van der Waals surface area contributed by atoms with Crippen molar-refractivity contribution in [2.45, 2.75) is 26.2 Å². The second-order valence-corrected chi connectivity index (χ2v) is 7.75. The summed E-state index contributed by atoms with van der Waals surface area (Å²) >= 11 is 6.26. The topological polar surface area (TPSA) is 12.5 Å². The Morgan fingerprint density at radius 1 is 0.800 bits per heavy atom. The van der Waals surface area contributed by atoms with E-state index in [9.17, 15) is 0 Å². The molecule has 1 heterocycles. The van der Waals surface area contributed by atoms with Crippen LogP contribution in [0.4, 0.5) is 17.1 Å². The smallest absolute Gasteiger partial charge is 0.151 e. The number of hydrogen-bond donors (Lipinski definition) is 0. The van der Waals surface area contributed by atoms with Gasteiger partial charge in [-0.2, -0.15) is 0 Å². The Bertz CT molecular complexity index is 926. The SMILES string of the molecule is CC(C)(C)c1ccc(N2c3ccccc3Oc3ccc(Cl)cc32)cc1. The van der Waals surface area contributed by atoms with E-state index in [0.717, 1.165) is 28.6 Å². The van der Waals surface area contributed by atoms with Crippen molar-refractivity contribution >= 4 is 28.7 Å². The summed E-state index contributed by atoms with van der Waals surface area (Å²) in [4.78, 5) is 2.20. The van der Waals surface area contributed by atoms with Gasteiger partial charge in [0.25, 0.3) is 0 Å². The van der Waals surface area contributed by atoms with E-state index in [4.69, 9.17) is 16.3 Å². The minimum Gasteiger partial charge on any atom is -0.453 e. The molecule has 126 valence electrons. The Hall–Kier alpha value is -2.45. The van der Waals surface area contributed by atoms with Crippen molar-refractivity contribution in [1.82, 2.24) is 0 Å². The summed E-state index contributed by atoms with van der Waals surface area (Å²) in [6.07, 6.45) is 0. The molecule has 1 aliphatic rings. The predicted octanol–water partition coefficient (Wildman–Crippen LogP) is 7.21. The van der Waals surface area contributed by atoms with Gasteiger partial charge < -0.3 is 9.64 Å². The van der Waals surface area contributed by atoms with Gasteiger partial charge in [0.05, 0.1) is 11.4 Å². The summed E-state index contributed by atoms with van der Waals surface area (Å²) < 4.78 is 6.06. The summed E-state index contributed by atoms with van der Waals surface area (Å²) in [7, 11) is 0. The van der Waals surface area contributed by atoms with Crippen LogP contribution >= 0.6 is 11.6 Å². The van der Waals surface area contributed by atoms with E-state index in [1.54, 1.807) is 0 Å². The first kappa shape index (κ1) is 16.0. The van der Waals surface area contributed by atoms with Crippen LogP contribution in [0.15, 0.2) is 66.7 Å². The molecule has 0 unspecified atom stereocenters. The molecule has 0 aromatic heterocycles. The van der Waals surface area contributed by atoms with Crippen LogP contribution in [0, 0.1) is 0 Å². The maximum absolute atomic E-state index is 6.26. The third-order valence-electron chi connectivity index (χ3n) is 4.48. The van der Waals surface area contributed by atoms with E-state index in [1.807, 2.05) is 36.4 Å². The standard InChI is InChI=1S/C22H20ClNO/c1-22(2,3)15-8-11-17(12-9-15)24-18-6-4-5-7-20(18)25-21-13-10-16(23)14-19(21)24/h4-14H,1-3H3. The van der Waals surface area contributed by atoms with Crippen LogP contribution in [-0.4, -0.2) is 0 Å². The third kappa shape index (κ3) is 2.87. The van der Waals surface area contributed by atoms with E-state index >= 15 is 0 Å². The first-order chi connectivity index (χ1) is 11.9. The molecule has 0 saturated carbocycles. The van der Waals surface area contributed by atoms with E-state index in [-0.39, 0.29) is 5.41 Å². The normalized spacial score (nSPS) is 13.0. The zero-order chi connectivity index (χ0) is 17.6. The first-order valence-electron chi connectivity index (χ1n) is 8.40. The highest BCUT2D eigenvalue weighted by Gasteiger charge is 2.26. The highest BCUT2D eigenvalue weighted by molar-refractivity contribution is 6.31. The molecule has 25 heavy (non-hydrogen) atoms. The molecule has 0 atom stereocenters. The fourth-order valence-electron chi connectivity index (χ4n) is 3.12. The van der Waals surface area contributed by atoms with Crippen LogP contribution < -0.4 is 9.64 Å². The van der Waals surface area contributed by atoms with Crippen molar-refractivity contribution in [3.8, 4) is 11.5 Å². The molecule has 3 heteroatoms. The molecule has 0 saturated heterocycles. The third-order valence-corrected chi connectivity index (χ3v) is 4.71. The first-order valence-corrected chi connectivity index (χ1v) is 8.78. The molecule has 0 spiro atoms. The molecule has 0 radical (unpaired) electrons. The van der Waals surface area contributed by atoms with Crippen molar-refractivity contribution in [3.63, 3.8) is 0 Å². The van der Waals surface area contributed by atoms with E-state index in [1.165, 1.54) is 5.56 Å². The van der Waals surface area contributed by atoms with Crippen molar-refractivity contribution < 1.29 is 4.74 Å². The molecular formula is C22H20ClNO. The summed E-state index contributed by atoms with van der Waals surface area (Å²) in [5.41, 5.74) is 4.50. The van der Waals surface area contributed by atoms with Gasteiger partial charge in [0.15, 0.2) is 11.5 Å². The molecule has 1 aliphatic heterocycles. The van der Waals surface area contributed by atoms with Crippen LogP contribution in [0.2, 0.25) is 5.02 Å². The summed E-state index contributed by atoms with van der Waals surface area (Å²) in [6, 6.07) is 22.5. The molecular weight excluding hydrogens is 330 g/mol. The van der Waals surface area contributed by atoms with Crippen LogP contribution in [0.3, 0.4) is 0 Å². The van der Waals surface area contributed by atoms with Crippen molar-refractivity contribution in [3.05, 3.63) is 77.3 Å². The van der Waals surface area contributed by atoms with Crippen molar-refractivity contribution in [2.24, 2.45) is 0 Å². The average molecular weight is 350 g/mol. The molecule has 0 fully saturated rings. The molecule has 3 aromatic rings. The number of nitrogens with zero attached hydrogens (tertiary/aromatic N) is 1. The van der Waals surface area contributed by atoms with Gasteiger partial charge in [-0.05, 0) is 53.4 Å². The quantitative estimate of drug-likeness (QED) is 0.360. The van der Waals surface area contributed by atoms with Crippen molar-refractivity contribution in [1.29, 1.82) is 0 Å². The van der Waals surface area contributed by atoms with Gasteiger partial charge in [0.1, 0.15) is 0 Å². The fraction of sp³-hybridized carbons (Fsp3) is 0.182. The zero-order valence-corrected chi connectivity index (χ0v) is 15.3. The number of rotatable bonds is 1.